The Hall–Kier alpha value is -3.32. The number of ether oxygens (including phenoxy) is 2. The van der Waals surface area contributed by atoms with Crippen LogP contribution in [0, 0.1) is 0 Å². The van der Waals surface area contributed by atoms with Gasteiger partial charge in [0.25, 0.3) is 11.7 Å². The number of nitrogens with zero attached hydrogens (tertiary/aromatic N) is 2. The summed E-state index contributed by atoms with van der Waals surface area (Å²) in [5.41, 5.74) is 1.23. The molecule has 7 heteroatoms. The number of likely N-dealkylation sites (tertiary alicyclic amines) is 1. The maximum absolute atomic E-state index is 13.1. The summed E-state index contributed by atoms with van der Waals surface area (Å²) >= 11 is 0. The molecule has 2 aromatic carbocycles. The van der Waals surface area contributed by atoms with Gasteiger partial charge in [0, 0.05) is 18.7 Å². The Morgan fingerprint density at radius 2 is 1.66 bits per heavy atom. The molecule has 170 valence electrons. The third kappa shape index (κ3) is 4.62. The van der Waals surface area contributed by atoms with Gasteiger partial charge in [0.1, 0.15) is 17.3 Å². The maximum atomic E-state index is 13.1. The minimum atomic E-state index is -0.706. The van der Waals surface area contributed by atoms with E-state index >= 15 is 0 Å². The predicted octanol–water partition coefficient (Wildman–Crippen LogP) is 3.47. The van der Waals surface area contributed by atoms with Gasteiger partial charge in [0.05, 0.1) is 25.8 Å². The third-order valence-electron chi connectivity index (χ3n) is 5.86. The highest BCUT2D eigenvalue weighted by Gasteiger charge is 2.46. The Bertz CT molecular complexity index is 996. The fourth-order valence-electron chi connectivity index (χ4n) is 3.96. The number of aliphatic hydroxyl groups excluding tert-OH is 1. The Labute approximate surface area is 188 Å². The van der Waals surface area contributed by atoms with E-state index < -0.39 is 17.7 Å². The second kappa shape index (κ2) is 10.3. The molecule has 1 atom stereocenters. The predicted molar refractivity (Wildman–Crippen MR) is 123 cm³/mol. The minimum absolute atomic E-state index is 0.0768. The Balaban J connectivity index is 2.10. The van der Waals surface area contributed by atoms with Crippen molar-refractivity contribution in [1.29, 1.82) is 0 Å². The molecule has 3 rings (SSSR count). The molecule has 1 fully saturated rings. The zero-order valence-corrected chi connectivity index (χ0v) is 19.0. The van der Waals surface area contributed by atoms with Crippen molar-refractivity contribution in [3.63, 3.8) is 0 Å². The van der Waals surface area contributed by atoms with Crippen LogP contribution < -0.4 is 9.47 Å². The third-order valence-corrected chi connectivity index (χ3v) is 5.86. The van der Waals surface area contributed by atoms with Gasteiger partial charge in [-0.2, -0.15) is 0 Å². The van der Waals surface area contributed by atoms with Crippen LogP contribution in [0.2, 0.25) is 0 Å². The van der Waals surface area contributed by atoms with Crippen molar-refractivity contribution < 1.29 is 24.2 Å². The fraction of sp³-hybridized carbons (Fsp3) is 0.360. The summed E-state index contributed by atoms with van der Waals surface area (Å²) in [5, 5.41) is 11.1. The number of likely N-dealkylation sites (N-methyl/N-ethyl adjacent to an activating group) is 1. The van der Waals surface area contributed by atoms with Crippen LogP contribution in [0.4, 0.5) is 0 Å². The normalized spacial score (nSPS) is 17.8. The Morgan fingerprint density at radius 3 is 2.25 bits per heavy atom. The molecular weight excluding hydrogens is 408 g/mol. The van der Waals surface area contributed by atoms with Gasteiger partial charge in [-0.15, -0.1) is 0 Å². The number of benzene rings is 2. The summed E-state index contributed by atoms with van der Waals surface area (Å²) in [6.07, 6.45) is 0. The van der Waals surface area contributed by atoms with Gasteiger partial charge < -0.3 is 24.4 Å². The molecule has 7 nitrogen and oxygen atoms in total. The molecular formula is C25H30N2O5. The molecule has 1 heterocycles. The molecule has 0 aliphatic carbocycles. The van der Waals surface area contributed by atoms with Gasteiger partial charge in [0.15, 0.2) is 0 Å². The second-order valence-electron chi connectivity index (χ2n) is 7.52. The van der Waals surface area contributed by atoms with Crippen molar-refractivity contribution in [2.24, 2.45) is 0 Å². The van der Waals surface area contributed by atoms with Crippen molar-refractivity contribution in [3.8, 4) is 11.5 Å². The van der Waals surface area contributed by atoms with Gasteiger partial charge in [-0.3, -0.25) is 9.59 Å². The molecule has 0 bridgehead atoms. The standard InChI is InChI=1S/C25H30N2O5/c1-5-26(6-2)14-15-27-22(18-8-7-9-20(16-18)32-4)21(24(29)25(27)30)23(28)17-10-12-19(31-3)13-11-17/h7-13,16,22,28H,5-6,14-15H2,1-4H3/b23-21-. The molecule has 1 aliphatic rings. The lowest BCUT2D eigenvalue weighted by Crippen LogP contribution is -2.38. The van der Waals surface area contributed by atoms with Gasteiger partial charge in [-0.1, -0.05) is 26.0 Å². The van der Waals surface area contributed by atoms with E-state index in [2.05, 4.69) is 18.7 Å². The maximum Gasteiger partial charge on any atom is 0.295 e. The number of hydrogen-bond donors (Lipinski definition) is 1. The average Bonchev–Trinajstić information content (AvgIpc) is 3.09. The molecule has 1 amide bonds. The molecule has 1 N–H and O–H groups in total. The van der Waals surface area contributed by atoms with E-state index in [-0.39, 0.29) is 11.3 Å². The Kier molecular flexibility index (Phi) is 7.53. The SMILES string of the molecule is CCN(CC)CCN1C(=O)C(=O)/C(=C(\O)c2ccc(OC)cc2)C1c1cccc(OC)c1. The van der Waals surface area contributed by atoms with Crippen LogP contribution in [-0.2, 0) is 9.59 Å². The van der Waals surface area contributed by atoms with E-state index in [1.54, 1.807) is 55.5 Å². The van der Waals surface area contributed by atoms with Crippen LogP contribution in [0.25, 0.3) is 5.76 Å². The summed E-state index contributed by atoms with van der Waals surface area (Å²) < 4.78 is 10.5. The van der Waals surface area contributed by atoms with Gasteiger partial charge in [0.2, 0.25) is 0 Å². The molecule has 0 radical (unpaired) electrons. The quantitative estimate of drug-likeness (QED) is 0.367. The molecule has 1 aliphatic heterocycles. The first-order chi connectivity index (χ1) is 15.4. The van der Waals surface area contributed by atoms with Gasteiger partial charge in [-0.25, -0.2) is 0 Å². The van der Waals surface area contributed by atoms with E-state index in [0.717, 1.165) is 13.1 Å². The van der Waals surface area contributed by atoms with E-state index in [0.29, 0.717) is 35.7 Å². The van der Waals surface area contributed by atoms with Crippen molar-refractivity contribution >= 4 is 17.4 Å². The van der Waals surface area contributed by atoms with Gasteiger partial charge >= 0.3 is 0 Å². The van der Waals surface area contributed by atoms with Crippen LogP contribution in [0.5, 0.6) is 11.5 Å². The van der Waals surface area contributed by atoms with E-state index in [4.69, 9.17) is 9.47 Å². The number of methoxy groups -OCH3 is 2. The van der Waals surface area contributed by atoms with Crippen molar-refractivity contribution in [2.45, 2.75) is 19.9 Å². The second-order valence-corrected chi connectivity index (χ2v) is 7.52. The minimum Gasteiger partial charge on any atom is -0.507 e. The van der Waals surface area contributed by atoms with Gasteiger partial charge in [-0.05, 0) is 55.1 Å². The highest BCUT2D eigenvalue weighted by Crippen LogP contribution is 2.40. The summed E-state index contributed by atoms with van der Waals surface area (Å²) in [6, 6.07) is 13.3. The Morgan fingerprint density at radius 1 is 1.00 bits per heavy atom. The first kappa shape index (κ1) is 23.3. The summed E-state index contributed by atoms with van der Waals surface area (Å²) in [4.78, 5) is 29.9. The zero-order valence-electron chi connectivity index (χ0n) is 19.0. The lowest BCUT2D eigenvalue weighted by Gasteiger charge is -2.28. The largest absolute Gasteiger partial charge is 0.507 e. The van der Waals surface area contributed by atoms with Crippen LogP contribution in [-0.4, -0.2) is 67.0 Å². The highest BCUT2D eigenvalue weighted by atomic mass is 16.5. The molecule has 1 unspecified atom stereocenters. The molecule has 32 heavy (non-hydrogen) atoms. The van der Waals surface area contributed by atoms with Crippen LogP contribution in [0.3, 0.4) is 0 Å². The number of Topliss-reactive ketones (excluding diaryl/α,β-unsaturated/α-hetero) is 1. The van der Waals surface area contributed by atoms with E-state index in [1.807, 2.05) is 12.1 Å². The van der Waals surface area contributed by atoms with E-state index in [1.165, 1.54) is 0 Å². The molecule has 0 saturated carbocycles. The van der Waals surface area contributed by atoms with Crippen LogP contribution in [0.15, 0.2) is 54.1 Å². The molecule has 0 spiro atoms. The highest BCUT2D eigenvalue weighted by molar-refractivity contribution is 6.46. The van der Waals surface area contributed by atoms with Crippen molar-refractivity contribution in [2.75, 3.05) is 40.4 Å². The van der Waals surface area contributed by atoms with Crippen molar-refractivity contribution in [3.05, 3.63) is 65.2 Å². The number of carbonyl (C=O) groups excluding carboxylic acids is 2. The first-order valence-electron chi connectivity index (χ1n) is 10.7. The lowest BCUT2D eigenvalue weighted by atomic mass is 9.95. The number of carbonyl (C=O) groups is 2. The number of rotatable bonds is 9. The van der Waals surface area contributed by atoms with E-state index in [9.17, 15) is 14.7 Å². The number of hydrogen-bond acceptors (Lipinski definition) is 6. The summed E-state index contributed by atoms with van der Waals surface area (Å²) in [5.74, 6) is -0.262. The smallest absolute Gasteiger partial charge is 0.295 e. The number of aliphatic hydroxyl groups is 1. The molecule has 2 aromatic rings. The van der Waals surface area contributed by atoms with Crippen LogP contribution >= 0.6 is 0 Å². The fourth-order valence-corrected chi connectivity index (χ4v) is 3.96. The summed E-state index contributed by atoms with van der Waals surface area (Å²) in [7, 11) is 3.12. The van der Waals surface area contributed by atoms with Crippen LogP contribution in [0.1, 0.15) is 31.0 Å². The summed E-state index contributed by atoms with van der Waals surface area (Å²) in [6.45, 7) is 6.80. The zero-order chi connectivity index (χ0) is 23.3. The molecule has 0 aromatic heterocycles. The number of amides is 1. The average molecular weight is 439 g/mol. The van der Waals surface area contributed by atoms with Crippen molar-refractivity contribution in [1.82, 2.24) is 9.80 Å². The molecule has 1 saturated heterocycles. The first-order valence-corrected chi connectivity index (χ1v) is 10.7. The number of ketones is 1. The monoisotopic (exact) mass is 438 g/mol. The lowest BCUT2D eigenvalue weighted by molar-refractivity contribution is -0.140. The topological polar surface area (TPSA) is 79.3 Å².